The zero-order valence-electron chi connectivity index (χ0n) is 18.5. The number of hydrogen-bond acceptors (Lipinski definition) is 5. The molecule has 0 amide bonds. The fraction of sp³-hybridized carbons (Fsp3) is 0.538. The van der Waals surface area contributed by atoms with Gasteiger partial charge in [0.2, 0.25) is 0 Å². The summed E-state index contributed by atoms with van der Waals surface area (Å²) < 4.78 is 6.36. The van der Waals surface area contributed by atoms with Gasteiger partial charge in [-0.2, -0.15) is 0 Å². The van der Waals surface area contributed by atoms with E-state index in [-0.39, 0.29) is 28.7 Å². The second-order valence-electron chi connectivity index (χ2n) is 11.1. The molecule has 6 aliphatic rings. The summed E-state index contributed by atoms with van der Waals surface area (Å²) in [6.07, 6.45) is 3.25. The first-order chi connectivity index (χ1) is 15.0. The zero-order chi connectivity index (χ0) is 20.8. The molecule has 0 aromatic heterocycles. The van der Waals surface area contributed by atoms with Gasteiger partial charge in [0, 0.05) is 30.4 Å². The molecule has 5 heteroatoms. The minimum atomic E-state index is -0.0511. The van der Waals surface area contributed by atoms with Crippen molar-refractivity contribution in [2.75, 3.05) is 30.4 Å². The van der Waals surface area contributed by atoms with Crippen molar-refractivity contribution < 1.29 is 4.74 Å². The molecular weight excluding hydrogens is 384 g/mol. The van der Waals surface area contributed by atoms with Crippen LogP contribution >= 0.6 is 0 Å². The van der Waals surface area contributed by atoms with Gasteiger partial charge in [0.1, 0.15) is 12.3 Å². The van der Waals surface area contributed by atoms with E-state index in [0.717, 1.165) is 13.1 Å². The Hall–Kier alpha value is -2.08. The summed E-state index contributed by atoms with van der Waals surface area (Å²) in [6, 6.07) is 16.5. The number of nitrogens with one attached hydrogen (secondary N) is 2. The molecule has 7 atom stereocenters. The number of rotatable bonds is 1. The first-order valence-corrected chi connectivity index (χ1v) is 11.9. The van der Waals surface area contributed by atoms with Crippen LogP contribution in [0.1, 0.15) is 49.4 Å². The van der Waals surface area contributed by atoms with Crippen LogP contribution in [0.5, 0.6) is 0 Å². The Bertz CT molecular complexity index is 1150. The molecule has 2 aromatic rings. The number of piperidine rings is 1. The molecule has 3 fully saturated rings. The van der Waals surface area contributed by atoms with E-state index in [1.54, 1.807) is 5.56 Å². The lowest BCUT2D eigenvalue weighted by molar-refractivity contribution is -0.0198. The maximum absolute atomic E-state index is 6.36. The summed E-state index contributed by atoms with van der Waals surface area (Å²) in [5.74, 6) is 0. The van der Waals surface area contributed by atoms with E-state index in [0.29, 0.717) is 12.2 Å². The number of ether oxygens (including phenoxy) is 1. The van der Waals surface area contributed by atoms with Crippen LogP contribution < -0.4 is 15.5 Å². The number of para-hydroxylation sites is 1. The van der Waals surface area contributed by atoms with E-state index in [4.69, 9.17) is 4.74 Å². The van der Waals surface area contributed by atoms with E-state index in [1.807, 2.05) is 0 Å². The van der Waals surface area contributed by atoms with Gasteiger partial charge in [0.05, 0.1) is 23.2 Å². The topological polar surface area (TPSA) is 43.1 Å². The van der Waals surface area contributed by atoms with Crippen LogP contribution in [0.4, 0.5) is 11.4 Å². The Labute approximate surface area is 183 Å². The third kappa shape index (κ3) is 1.67. The molecule has 5 nitrogen and oxygen atoms in total. The second kappa shape index (κ2) is 5.11. The van der Waals surface area contributed by atoms with E-state index in [9.17, 15) is 0 Å². The highest BCUT2D eigenvalue weighted by Gasteiger charge is 2.75. The average molecular weight is 415 g/mol. The highest BCUT2D eigenvalue weighted by atomic mass is 16.6. The summed E-state index contributed by atoms with van der Waals surface area (Å²) in [7, 11) is 2.30. The van der Waals surface area contributed by atoms with Crippen LogP contribution in [0.3, 0.4) is 0 Å². The lowest BCUT2D eigenvalue weighted by Gasteiger charge is -2.61. The minimum absolute atomic E-state index is 0.0511. The molecule has 0 saturated carbocycles. The van der Waals surface area contributed by atoms with Gasteiger partial charge < -0.3 is 20.3 Å². The number of anilines is 2. The Kier molecular flexibility index (Phi) is 2.88. The first-order valence-electron chi connectivity index (χ1n) is 11.9. The van der Waals surface area contributed by atoms with Crippen LogP contribution in [0.25, 0.3) is 0 Å². The van der Waals surface area contributed by atoms with Gasteiger partial charge in [-0.15, -0.1) is 0 Å². The average Bonchev–Trinajstić information content (AvgIpc) is 3.13. The Morgan fingerprint density at radius 1 is 1.00 bits per heavy atom. The molecular formula is C26H30N4O. The number of benzene rings is 2. The van der Waals surface area contributed by atoms with Gasteiger partial charge in [-0.3, -0.25) is 4.90 Å². The number of hydrogen-bond donors (Lipinski definition) is 2. The number of likely N-dealkylation sites (N-methyl/N-ethyl adjacent to an activating group) is 1. The van der Waals surface area contributed by atoms with Crippen molar-refractivity contribution in [2.45, 2.75) is 67.6 Å². The lowest BCUT2D eigenvalue weighted by atomic mass is 9.50. The fourth-order valence-electron chi connectivity index (χ4n) is 8.60. The molecule has 3 saturated heterocycles. The predicted octanol–water partition coefficient (Wildman–Crippen LogP) is 3.32. The van der Waals surface area contributed by atoms with Crippen molar-refractivity contribution in [3.05, 3.63) is 59.2 Å². The molecule has 2 spiro atoms. The number of fused-ring (bicyclic) bond motifs is 1. The van der Waals surface area contributed by atoms with E-state index < -0.39 is 0 Å². The standard InChI is InChI=1S/C26H30N4O/c1-24(2)21(31-24)20-15-7-6-10-18-19(15)26-12-14-30(20)22-25(26,11-13-27-22)16-8-4-5-9-17(16)28-23(26)29(18)3/h4-10,20-23,27-28H,11-14H2,1-3H3/t20-,21?,22+,23+,25-,26-/m0/s1. The quantitative estimate of drug-likeness (QED) is 0.701. The fourth-order valence-corrected chi connectivity index (χ4v) is 8.60. The molecule has 8 rings (SSSR count). The van der Waals surface area contributed by atoms with E-state index in [2.05, 4.69) is 83.8 Å². The van der Waals surface area contributed by atoms with Crippen LogP contribution in [0.15, 0.2) is 42.5 Å². The van der Waals surface area contributed by atoms with Crippen molar-refractivity contribution >= 4 is 11.4 Å². The van der Waals surface area contributed by atoms with Crippen molar-refractivity contribution in [3.8, 4) is 0 Å². The highest BCUT2D eigenvalue weighted by molar-refractivity contribution is 5.77. The molecule has 160 valence electrons. The first kappa shape index (κ1) is 17.5. The molecule has 6 heterocycles. The van der Waals surface area contributed by atoms with Gasteiger partial charge in [-0.25, -0.2) is 0 Å². The summed E-state index contributed by atoms with van der Waals surface area (Å²) in [6.45, 7) is 6.71. The van der Waals surface area contributed by atoms with Crippen molar-refractivity contribution in [1.82, 2.24) is 10.2 Å². The Morgan fingerprint density at radius 2 is 1.84 bits per heavy atom. The maximum atomic E-state index is 6.36. The zero-order valence-corrected chi connectivity index (χ0v) is 18.5. The van der Waals surface area contributed by atoms with Gasteiger partial charge in [-0.05, 0) is 62.1 Å². The SMILES string of the molecule is CN1c2cccc3c2[C@]24CCN([C@H]5NCC[C@]52c2ccccc2N[C@H]14)[C@@H]3C1OC1(C)C. The van der Waals surface area contributed by atoms with Crippen molar-refractivity contribution in [2.24, 2.45) is 0 Å². The maximum Gasteiger partial charge on any atom is 0.110 e. The van der Waals surface area contributed by atoms with Gasteiger partial charge in [0.25, 0.3) is 0 Å². The van der Waals surface area contributed by atoms with Crippen LogP contribution in [0.2, 0.25) is 0 Å². The number of epoxide rings is 1. The Balaban J connectivity index is 1.51. The third-order valence-corrected chi connectivity index (χ3v) is 9.69. The smallest absolute Gasteiger partial charge is 0.110 e. The van der Waals surface area contributed by atoms with Crippen LogP contribution in [0, 0.1) is 0 Å². The Morgan fingerprint density at radius 3 is 2.68 bits per heavy atom. The molecule has 31 heavy (non-hydrogen) atoms. The lowest BCUT2D eigenvalue weighted by Crippen LogP contribution is -2.72. The normalized spacial score (nSPS) is 44.2. The molecule has 2 N–H and O–H groups in total. The second-order valence-corrected chi connectivity index (χ2v) is 11.1. The van der Waals surface area contributed by atoms with E-state index >= 15 is 0 Å². The van der Waals surface area contributed by atoms with Crippen LogP contribution in [-0.2, 0) is 15.6 Å². The monoisotopic (exact) mass is 414 g/mol. The van der Waals surface area contributed by atoms with E-state index in [1.165, 1.54) is 35.3 Å². The molecule has 0 radical (unpaired) electrons. The van der Waals surface area contributed by atoms with Crippen molar-refractivity contribution in [1.29, 1.82) is 0 Å². The van der Waals surface area contributed by atoms with Gasteiger partial charge >= 0.3 is 0 Å². The molecule has 0 aliphatic carbocycles. The minimum Gasteiger partial charge on any atom is -0.365 e. The molecule has 2 unspecified atom stereocenters. The molecule has 2 aromatic carbocycles. The summed E-state index contributed by atoms with van der Waals surface area (Å²) in [5, 5.41) is 8.04. The van der Waals surface area contributed by atoms with Crippen molar-refractivity contribution in [3.63, 3.8) is 0 Å². The van der Waals surface area contributed by atoms with Crippen LogP contribution in [-0.4, -0.2) is 49.1 Å². The third-order valence-electron chi connectivity index (χ3n) is 9.69. The summed E-state index contributed by atoms with van der Waals surface area (Å²) in [5.41, 5.74) is 7.46. The number of nitrogens with zero attached hydrogens (tertiary/aromatic N) is 2. The molecule has 6 aliphatic heterocycles. The largest absolute Gasteiger partial charge is 0.365 e. The van der Waals surface area contributed by atoms with Gasteiger partial charge in [0.15, 0.2) is 0 Å². The summed E-state index contributed by atoms with van der Waals surface area (Å²) >= 11 is 0. The molecule has 2 bridgehead atoms. The highest BCUT2D eigenvalue weighted by Crippen LogP contribution is 2.70. The predicted molar refractivity (Wildman–Crippen MR) is 121 cm³/mol. The van der Waals surface area contributed by atoms with Gasteiger partial charge in [-0.1, -0.05) is 30.3 Å². The summed E-state index contributed by atoms with van der Waals surface area (Å²) in [4.78, 5) is 5.34.